The number of anilines is 3. The van der Waals surface area contributed by atoms with Crippen molar-refractivity contribution in [2.45, 2.75) is 19.8 Å². The predicted molar refractivity (Wildman–Crippen MR) is 142 cm³/mol. The van der Waals surface area contributed by atoms with E-state index in [1.807, 2.05) is 49.5 Å². The van der Waals surface area contributed by atoms with Gasteiger partial charge >= 0.3 is 0 Å². The Morgan fingerprint density at radius 1 is 1.00 bits per heavy atom. The average molecular weight is 500 g/mol. The Morgan fingerprint density at radius 2 is 1.83 bits per heavy atom. The molecule has 0 radical (unpaired) electrons. The monoisotopic (exact) mass is 499 g/mol. The topological polar surface area (TPSA) is 89.3 Å². The Bertz CT molecular complexity index is 1470. The number of benzene rings is 2. The highest BCUT2D eigenvalue weighted by Gasteiger charge is 2.18. The summed E-state index contributed by atoms with van der Waals surface area (Å²) in [4.78, 5) is 13.8. The first-order valence-electron chi connectivity index (χ1n) is 11.7. The van der Waals surface area contributed by atoms with Crippen LogP contribution < -0.4 is 15.4 Å². The maximum Gasteiger partial charge on any atom is 0.256 e. The van der Waals surface area contributed by atoms with Gasteiger partial charge in [-0.25, -0.2) is 4.98 Å². The molecule has 0 atom stereocenters. The summed E-state index contributed by atoms with van der Waals surface area (Å²) >= 11 is 6.20. The quantitative estimate of drug-likeness (QED) is 0.277. The minimum Gasteiger partial charge on any atom is -0.495 e. The van der Waals surface area contributed by atoms with Crippen molar-refractivity contribution in [1.82, 2.24) is 24.6 Å². The minimum atomic E-state index is 0.395. The summed E-state index contributed by atoms with van der Waals surface area (Å²) in [5.74, 6) is 2.39. The number of aryl methyl sites for hydroxylation is 1. The lowest BCUT2D eigenvalue weighted by atomic mass is 10.0. The highest BCUT2D eigenvalue weighted by molar-refractivity contribution is 6.31. The molecule has 0 aliphatic rings. The third-order valence-corrected chi connectivity index (χ3v) is 6.06. The zero-order valence-corrected chi connectivity index (χ0v) is 20.8. The van der Waals surface area contributed by atoms with Gasteiger partial charge in [0.15, 0.2) is 0 Å². The van der Waals surface area contributed by atoms with Crippen LogP contribution in [0.25, 0.3) is 5.78 Å². The number of hydrogen-bond donors (Lipinski definition) is 2. The van der Waals surface area contributed by atoms with Gasteiger partial charge in [0.1, 0.15) is 11.6 Å². The summed E-state index contributed by atoms with van der Waals surface area (Å²) < 4.78 is 7.21. The van der Waals surface area contributed by atoms with Crippen LogP contribution in [-0.2, 0) is 12.8 Å². The van der Waals surface area contributed by atoms with Gasteiger partial charge in [-0.2, -0.15) is 9.50 Å². The van der Waals surface area contributed by atoms with Gasteiger partial charge in [-0.1, -0.05) is 48.0 Å². The maximum atomic E-state index is 6.20. The Hall–Kier alpha value is -4.17. The van der Waals surface area contributed by atoms with Crippen molar-refractivity contribution in [3.63, 3.8) is 0 Å². The number of fused-ring (bicyclic) bond motifs is 1. The third kappa shape index (κ3) is 5.23. The fourth-order valence-corrected chi connectivity index (χ4v) is 4.21. The van der Waals surface area contributed by atoms with E-state index < -0.39 is 0 Å². The summed E-state index contributed by atoms with van der Waals surface area (Å²) in [7, 11) is 1.61. The number of rotatable bonds is 9. The molecule has 0 fully saturated rings. The molecule has 0 unspecified atom stereocenters. The van der Waals surface area contributed by atoms with Crippen LogP contribution >= 0.6 is 11.6 Å². The normalized spacial score (nSPS) is 11.0. The van der Waals surface area contributed by atoms with Crippen LogP contribution in [0.1, 0.15) is 22.5 Å². The van der Waals surface area contributed by atoms with Gasteiger partial charge < -0.3 is 15.4 Å². The van der Waals surface area contributed by atoms with Gasteiger partial charge in [0.05, 0.1) is 12.8 Å². The van der Waals surface area contributed by atoms with Crippen LogP contribution in [0.2, 0.25) is 5.02 Å². The summed E-state index contributed by atoms with van der Waals surface area (Å²) in [6, 6.07) is 21.6. The first-order chi connectivity index (χ1) is 17.6. The second-order valence-electron chi connectivity index (χ2n) is 8.30. The van der Waals surface area contributed by atoms with E-state index in [0.29, 0.717) is 41.2 Å². The lowest BCUT2D eigenvalue weighted by Crippen LogP contribution is -2.14. The molecule has 182 valence electrons. The van der Waals surface area contributed by atoms with E-state index in [1.165, 1.54) is 5.56 Å². The number of halogens is 1. The van der Waals surface area contributed by atoms with E-state index in [4.69, 9.17) is 26.4 Å². The molecular formula is C27H26ClN7O. The molecule has 2 N–H and O–H groups in total. The van der Waals surface area contributed by atoms with Gasteiger partial charge in [0.2, 0.25) is 5.95 Å². The second-order valence-corrected chi connectivity index (χ2v) is 8.74. The number of nitrogens with one attached hydrogen (secondary N) is 2. The summed E-state index contributed by atoms with van der Waals surface area (Å²) in [5.41, 5.74) is 4.84. The molecule has 0 aliphatic carbocycles. The molecule has 0 saturated heterocycles. The Labute approximate surface area is 214 Å². The number of aromatic nitrogens is 5. The van der Waals surface area contributed by atoms with Crippen LogP contribution in [0.4, 0.5) is 17.5 Å². The molecule has 3 heterocycles. The van der Waals surface area contributed by atoms with Crippen LogP contribution in [0, 0.1) is 6.92 Å². The van der Waals surface area contributed by atoms with Crippen molar-refractivity contribution in [3.8, 4) is 5.75 Å². The predicted octanol–water partition coefficient (Wildman–Crippen LogP) is 5.48. The number of ether oxygens (including phenoxy) is 1. The van der Waals surface area contributed by atoms with Crippen molar-refractivity contribution >= 4 is 34.8 Å². The van der Waals surface area contributed by atoms with Gasteiger partial charge in [-0.3, -0.25) is 4.98 Å². The van der Waals surface area contributed by atoms with E-state index >= 15 is 0 Å². The Morgan fingerprint density at radius 3 is 2.61 bits per heavy atom. The van der Waals surface area contributed by atoms with Gasteiger partial charge in [0, 0.05) is 47.6 Å². The molecule has 36 heavy (non-hydrogen) atoms. The van der Waals surface area contributed by atoms with Crippen molar-refractivity contribution in [2.24, 2.45) is 0 Å². The van der Waals surface area contributed by atoms with Gasteiger partial charge in [-0.15, -0.1) is 5.10 Å². The molecule has 8 nitrogen and oxygen atoms in total. The molecule has 0 amide bonds. The molecule has 0 saturated carbocycles. The smallest absolute Gasteiger partial charge is 0.256 e. The molecule has 9 heteroatoms. The highest BCUT2D eigenvalue weighted by atomic mass is 35.5. The zero-order chi connectivity index (χ0) is 24.9. The van der Waals surface area contributed by atoms with Gasteiger partial charge in [-0.05, 0) is 42.8 Å². The number of pyridine rings is 1. The Kier molecular flexibility index (Phi) is 6.95. The average Bonchev–Trinajstić information content (AvgIpc) is 3.29. The fourth-order valence-electron chi connectivity index (χ4n) is 4.04. The molecule has 3 aromatic heterocycles. The molecule has 2 aromatic carbocycles. The van der Waals surface area contributed by atoms with Crippen LogP contribution in [-0.4, -0.2) is 38.2 Å². The standard InChI is InChI=1S/C27H26ClN7O/c1-18-22(16-19-8-4-3-5-9-19)25(30-15-13-21-10-6-7-14-29-21)35-27(31-18)33-26(34-35)32-23-17-20(28)11-12-24(23)36-2/h3-12,14,17,30H,13,15-16H2,1-2H3,(H,32,34). The van der Waals surface area contributed by atoms with Crippen molar-refractivity contribution in [2.75, 3.05) is 24.3 Å². The molecule has 0 aliphatic heterocycles. The van der Waals surface area contributed by atoms with Crippen molar-refractivity contribution < 1.29 is 4.74 Å². The maximum absolute atomic E-state index is 6.20. The molecule has 0 spiro atoms. The molecule has 0 bridgehead atoms. The summed E-state index contributed by atoms with van der Waals surface area (Å²) in [5, 5.41) is 12.1. The highest BCUT2D eigenvalue weighted by Crippen LogP contribution is 2.30. The van der Waals surface area contributed by atoms with Crippen molar-refractivity contribution in [1.29, 1.82) is 0 Å². The zero-order valence-electron chi connectivity index (χ0n) is 20.1. The van der Waals surface area contributed by atoms with E-state index in [9.17, 15) is 0 Å². The van der Waals surface area contributed by atoms with Crippen LogP contribution in [0.3, 0.4) is 0 Å². The number of hydrogen-bond acceptors (Lipinski definition) is 7. The van der Waals surface area contributed by atoms with Crippen molar-refractivity contribution in [3.05, 3.63) is 100 Å². The third-order valence-electron chi connectivity index (χ3n) is 5.82. The fraction of sp³-hybridized carbons (Fsp3) is 0.185. The lowest BCUT2D eigenvalue weighted by molar-refractivity contribution is 0.417. The Balaban J connectivity index is 1.52. The number of methoxy groups -OCH3 is 1. The summed E-state index contributed by atoms with van der Waals surface area (Å²) in [6.45, 7) is 2.69. The van der Waals surface area contributed by atoms with E-state index in [0.717, 1.165) is 29.2 Å². The SMILES string of the molecule is COc1ccc(Cl)cc1Nc1nc2nc(C)c(Cc3ccccc3)c(NCCc3ccccn3)n2n1. The first kappa shape index (κ1) is 23.6. The largest absolute Gasteiger partial charge is 0.495 e. The van der Waals surface area contributed by atoms with Gasteiger partial charge in [0.25, 0.3) is 5.78 Å². The molecular weight excluding hydrogens is 474 g/mol. The lowest BCUT2D eigenvalue weighted by Gasteiger charge is -2.15. The van der Waals surface area contributed by atoms with E-state index in [-0.39, 0.29) is 0 Å². The second kappa shape index (κ2) is 10.6. The summed E-state index contributed by atoms with van der Waals surface area (Å²) in [6.07, 6.45) is 3.30. The minimum absolute atomic E-state index is 0.395. The first-order valence-corrected chi connectivity index (χ1v) is 12.0. The molecule has 5 rings (SSSR count). The van der Waals surface area contributed by atoms with E-state index in [1.54, 1.807) is 29.8 Å². The number of nitrogens with zero attached hydrogens (tertiary/aromatic N) is 5. The van der Waals surface area contributed by atoms with Crippen LogP contribution in [0.15, 0.2) is 72.9 Å². The molecule has 5 aromatic rings. The van der Waals surface area contributed by atoms with E-state index in [2.05, 4.69) is 32.7 Å². The van der Waals surface area contributed by atoms with Crippen LogP contribution in [0.5, 0.6) is 5.75 Å².